The number of para-hydroxylation sites is 2. The average Bonchev–Trinajstić information content (AvgIpc) is 2.39. The van der Waals surface area contributed by atoms with Crippen LogP contribution in [0.25, 0.3) is 0 Å². The summed E-state index contributed by atoms with van der Waals surface area (Å²) >= 11 is 0. The Morgan fingerprint density at radius 2 is 1.10 bits per heavy atom. The minimum absolute atomic E-state index is 1.24. The van der Waals surface area contributed by atoms with Crippen molar-refractivity contribution in [1.29, 1.82) is 0 Å². The van der Waals surface area contributed by atoms with Gasteiger partial charge in [-0.2, -0.15) is 13.2 Å². The fraction of sp³-hybridized carbons (Fsp3) is 0.0769. The standard InChI is InChI=1S/C12H11N.CHF3O3S/c1-3-7-11(8-4-1)13-12-9-5-2-6-10-12;2-1(3,4)8(5,6)7/h1-10,13H;(H,5,6,7). The molecule has 0 aliphatic heterocycles. The molecule has 2 N–H and O–H groups in total. The molecule has 0 heterocycles. The van der Waals surface area contributed by atoms with Crippen molar-refractivity contribution in [3.05, 3.63) is 60.7 Å². The number of quaternary nitrogens is 1. The van der Waals surface area contributed by atoms with Gasteiger partial charge >= 0.3 is 5.51 Å². The smallest absolute Gasteiger partial charge is 0.485 e. The lowest BCUT2D eigenvalue weighted by molar-refractivity contribution is -0.478. The summed E-state index contributed by atoms with van der Waals surface area (Å²) in [5.41, 5.74) is -3.16. The van der Waals surface area contributed by atoms with Crippen molar-refractivity contribution in [1.82, 2.24) is 0 Å². The van der Waals surface area contributed by atoms with Crippen molar-refractivity contribution in [3.8, 4) is 0 Å². The number of hydrogen-bond acceptors (Lipinski definition) is 3. The van der Waals surface area contributed by atoms with E-state index in [0.717, 1.165) is 0 Å². The highest BCUT2D eigenvalue weighted by Gasteiger charge is 2.36. The van der Waals surface area contributed by atoms with Crippen molar-refractivity contribution in [2.45, 2.75) is 5.51 Å². The monoisotopic (exact) mass is 319 g/mol. The van der Waals surface area contributed by atoms with E-state index in [4.69, 9.17) is 13.0 Å². The summed E-state index contributed by atoms with van der Waals surface area (Å²) in [5, 5.41) is 2.17. The molecule has 0 aliphatic carbocycles. The van der Waals surface area contributed by atoms with Gasteiger partial charge in [-0.3, -0.25) is 5.32 Å². The van der Waals surface area contributed by atoms with Gasteiger partial charge in [-0.05, 0) is 24.3 Å². The Morgan fingerprint density at radius 1 is 0.810 bits per heavy atom. The fourth-order valence-electron chi connectivity index (χ4n) is 1.29. The molecule has 8 heteroatoms. The minimum atomic E-state index is -6.09. The highest BCUT2D eigenvalue weighted by Crippen LogP contribution is 2.20. The first kappa shape index (κ1) is 17.2. The predicted molar refractivity (Wildman–Crippen MR) is 69.9 cm³/mol. The normalized spacial score (nSPS) is 11.4. The van der Waals surface area contributed by atoms with Crippen LogP contribution in [-0.2, 0) is 10.1 Å². The van der Waals surface area contributed by atoms with E-state index in [1.807, 2.05) is 12.1 Å². The number of alkyl halides is 3. The number of halogens is 3. The van der Waals surface area contributed by atoms with Gasteiger partial charge in [0.2, 0.25) is 0 Å². The van der Waals surface area contributed by atoms with Gasteiger partial charge in [-0.15, -0.1) is 0 Å². The Kier molecular flexibility index (Phi) is 5.89. The van der Waals surface area contributed by atoms with Crippen LogP contribution >= 0.6 is 0 Å². The zero-order valence-corrected chi connectivity index (χ0v) is 11.4. The third-order valence-electron chi connectivity index (χ3n) is 2.22. The molecule has 114 valence electrons. The molecule has 2 aromatic carbocycles. The second-order valence-electron chi connectivity index (χ2n) is 3.87. The Bertz CT molecular complexity index is 606. The first-order valence-electron chi connectivity index (χ1n) is 5.67. The molecule has 0 aromatic heterocycles. The maximum absolute atomic E-state index is 10.7. The van der Waals surface area contributed by atoms with Crippen LogP contribution in [0.2, 0.25) is 0 Å². The van der Waals surface area contributed by atoms with Crippen molar-refractivity contribution in [2.24, 2.45) is 0 Å². The molecule has 0 bridgehead atoms. The molecule has 0 saturated carbocycles. The first-order chi connectivity index (χ1) is 9.70. The largest absolute Gasteiger partial charge is 0.741 e. The van der Waals surface area contributed by atoms with Gasteiger partial charge in [0, 0.05) is 0 Å². The molecule has 0 radical (unpaired) electrons. The highest BCUT2D eigenvalue weighted by molar-refractivity contribution is 7.86. The predicted octanol–water partition coefficient (Wildman–Crippen LogP) is 2.26. The van der Waals surface area contributed by atoms with Crippen molar-refractivity contribution in [2.75, 3.05) is 0 Å². The molecule has 0 amide bonds. The summed E-state index contributed by atoms with van der Waals surface area (Å²) in [4.78, 5) is 0. The van der Waals surface area contributed by atoms with E-state index in [0.29, 0.717) is 0 Å². The van der Waals surface area contributed by atoms with E-state index in [-0.39, 0.29) is 0 Å². The highest BCUT2D eigenvalue weighted by atomic mass is 32.2. The van der Waals surface area contributed by atoms with Crippen LogP contribution in [0, 0.1) is 0 Å². The summed E-state index contributed by atoms with van der Waals surface area (Å²) in [6.07, 6.45) is 0. The van der Waals surface area contributed by atoms with Gasteiger partial charge in [0.15, 0.2) is 10.1 Å². The maximum Gasteiger partial charge on any atom is 0.485 e. The second kappa shape index (κ2) is 7.21. The van der Waals surface area contributed by atoms with E-state index in [9.17, 15) is 13.2 Å². The Hall–Kier alpha value is -1.90. The van der Waals surface area contributed by atoms with E-state index in [2.05, 4.69) is 53.8 Å². The quantitative estimate of drug-likeness (QED) is 0.524. The van der Waals surface area contributed by atoms with Gasteiger partial charge in [-0.25, -0.2) is 8.42 Å². The summed E-state index contributed by atoms with van der Waals surface area (Å²) < 4.78 is 58.9. The number of benzene rings is 2. The average molecular weight is 319 g/mol. The fourth-order valence-corrected chi connectivity index (χ4v) is 1.29. The molecule has 2 rings (SSSR count). The number of nitrogens with two attached hydrogens (primary N) is 1. The molecule has 21 heavy (non-hydrogen) atoms. The molecule has 0 spiro atoms. The van der Waals surface area contributed by atoms with Gasteiger partial charge in [0.1, 0.15) is 11.4 Å². The molecular formula is C13H12F3NO3S. The molecule has 0 unspecified atom stereocenters. The van der Waals surface area contributed by atoms with Gasteiger partial charge < -0.3 is 4.55 Å². The van der Waals surface area contributed by atoms with Gasteiger partial charge in [0.25, 0.3) is 0 Å². The Balaban J connectivity index is 0.000000240. The maximum atomic E-state index is 10.7. The van der Waals surface area contributed by atoms with Crippen LogP contribution in [0.15, 0.2) is 60.7 Å². The summed E-state index contributed by atoms with van der Waals surface area (Å²) in [6, 6.07) is 20.7. The Morgan fingerprint density at radius 3 is 1.33 bits per heavy atom. The lowest BCUT2D eigenvalue weighted by atomic mass is 10.3. The molecule has 0 atom stereocenters. The zero-order chi connectivity index (χ0) is 15.9. The first-order valence-corrected chi connectivity index (χ1v) is 7.08. The minimum Gasteiger partial charge on any atom is -0.741 e. The van der Waals surface area contributed by atoms with Crippen molar-refractivity contribution < 1.29 is 31.5 Å². The van der Waals surface area contributed by atoms with Crippen LogP contribution in [0.1, 0.15) is 0 Å². The third-order valence-corrected chi connectivity index (χ3v) is 2.78. The number of rotatable bonds is 2. The van der Waals surface area contributed by atoms with E-state index in [1.165, 1.54) is 11.4 Å². The van der Waals surface area contributed by atoms with Crippen LogP contribution < -0.4 is 5.32 Å². The molecule has 4 nitrogen and oxygen atoms in total. The third kappa shape index (κ3) is 6.39. The van der Waals surface area contributed by atoms with Crippen molar-refractivity contribution in [3.63, 3.8) is 0 Å². The van der Waals surface area contributed by atoms with E-state index >= 15 is 0 Å². The second-order valence-corrected chi connectivity index (χ2v) is 5.24. The summed E-state index contributed by atoms with van der Waals surface area (Å²) in [5.74, 6) is 0. The van der Waals surface area contributed by atoms with Crippen LogP contribution in [0.4, 0.5) is 24.5 Å². The Labute approximate surface area is 120 Å². The number of hydrogen-bond donors (Lipinski definition) is 1. The van der Waals surface area contributed by atoms with Gasteiger partial charge in [0.05, 0.1) is 0 Å². The molecular weight excluding hydrogens is 307 g/mol. The van der Waals surface area contributed by atoms with Gasteiger partial charge in [-0.1, -0.05) is 36.4 Å². The van der Waals surface area contributed by atoms with E-state index in [1.54, 1.807) is 0 Å². The summed E-state index contributed by atoms with van der Waals surface area (Å²) in [6.45, 7) is 0. The molecule has 0 saturated heterocycles. The van der Waals surface area contributed by atoms with Crippen LogP contribution in [0.5, 0.6) is 0 Å². The lowest BCUT2D eigenvalue weighted by Gasteiger charge is -2.08. The van der Waals surface area contributed by atoms with Crippen LogP contribution in [0.3, 0.4) is 0 Å². The summed E-state index contributed by atoms with van der Waals surface area (Å²) in [7, 11) is -6.09. The zero-order valence-electron chi connectivity index (χ0n) is 10.6. The topological polar surface area (TPSA) is 73.8 Å². The molecule has 2 aromatic rings. The molecule has 0 fully saturated rings. The van der Waals surface area contributed by atoms with E-state index < -0.39 is 15.6 Å². The van der Waals surface area contributed by atoms with Crippen LogP contribution in [-0.4, -0.2) is 18.5 Å². The van der Waals surface area contributed by atoms with Crippen molar-refractivity contribution >= 4 is 21.5 Å². The SMILES string of the molecule is O=S(=O)([O-])C(F)(F)F.c1ccc([NH2+]c2ccccc2)cc1. The lowest BCUT2D eigenvalue weighted by Crippen LogP contribution is -2.70. The molecule has 0 aliphatic rings.